The summed E-state index contributed by atoms with van der Waals surface area (Å²) in [6.07, 6.45) is 0. The van der Waals surface area contributed by atoms with Crippen molar-refractivity contribution in [1.29, 1.82) is 0 Å². The Labute approximate surface area is 142 Å². The highest BCUT2D eigenvalue weighted by Gasteiger charge is 1.87. The van der Waals surface area contributed by atoms with Gasteiger partial charge < -0.3 is 20.1 Å². The number of aryl methyl sites for hydroxylation is 1. The van der Waals surface area contributed by atoms with Crippen LogP contribution in [0.4, 0.5) is 0 Å². The molecule has 0 fully saturated rings. The number of benzene rings is 3. The lowest BCUT2D eigenvalue weighted by molar-refractivity contribution is -0.0979. The van der Waals surface area contributed by atoms with Crippen LogP contribution in [0.2, 0.25) is 0 Å². The third-order valence-electron chi connectivity index (χ3n) is 2.63. The summed E-state index contributed by atoms with van der Waals surface area (Å²) in [5.74, 6) is 1.01. The van der Waals surface area contributed by atoms with Crippen LogP contribution < -0.4 is 0 Å². The van der Waals surface area contributed by atoms with Gasteiger partial charge in [-0.25, -0.2) is 0 Å². The first-order chi connectivity index (χ1) is 11.6. The van der Waals surface area contributed by atoms with Crippen molar-refractivity contribution >= 4 is 6.79 Å². The Kier molecular flexibility index (Phi) is 11.6. The molecule has 126 valence electrons. The summed E-state index contributed by atoms with van der Waals surface area (Å²) in [6, 6.07) is 24.7. The minimum absolute atomic E-state index is 0.322. The minimum atomic E-state index is 0.322. The number of aromatic hydroxyl groups is 3. The number of para-hydroxylation sites is 3. The molecular formula is C20H22O4. The average molecular weight is 326 g/mol. The van der Waals surface area contributed by atoms with E-state index in [1.807, 2.05) is 44.0 Å². The number of hydrogen-bond donors (Lipinski definition) is 3. The molecule has 0 spiro atoms. The van der Waals surface area contributed by atoms with Gasteiger partial charge in [-0.05, 0) is 42.8 Å². The molecule has 3 aromatic rings. The predicted octanol–water partition coefficient (Wildman–Crippen LogP) is 4.30. The molecule has 3 aromatic carbocycles. The number of carbonyl (C=O) groups is 1. The average Bonchev–Trinajstić information content (AvgIpc) is 2.62. The Morgan fingerprint density at radius 2 is 0.917 bits per heavy atom. The van der Waals surface area contributed by atoms with Crippen molar-refractivity contribution < 1.29 is 20.1 Å². The Bertz CT molecular complexity index is 596. The molecule has 0 saturated carbocycles. The molecule has 0 saturated heterocycles. The van der Waals surface area contributed by atoms with Crippen molar-refractivity contribution in [2.45, 2.75) is 6.92 Å². The molecule has 0 bridgehead atoms. The third kappa shape index (κ3) is 10.5. The van der Waals surface area contributed by atoms with Crippen LogP contribution in [0.1, 0.15) is 5.56 Å². The topological polar surface area (TPSA) is 77.8 Å². The fourth-order valence-electron chi connectivity index (χ4n) is 1.42. The molecule has 3 N–H and O–H groups in total. The largest absolute Gasteiger partial charge is 0.508 e. The molecule has 0 unspecified atom stereocenters. The molecule has 4 nitrogen and oxygen atoms in total. The van der Waals surface area contributed by atoms with E-state index in [1.54, 1.807) is 54.6 Å². The van der Waals surface area contributed by atoms with E-state index in [0.29, 0.717) is 17.2 Å². The summed E-state index contributed by atoms with van der Waals surface area (Å²) in [4.78, 5) is 8.00. The highest BCUT2D eigenvalue weighted by atomic mass is 16.3. The zero-order valence-corrected chi connectivity index (χ0v) is 13.5. The van der Waals surface area contributed by atoms with Crippen LogP contribution in [0.15, 0.2) is 84.9 Å². The SMILES string of the molecule is C=O.Cc1ccccc1O.Oc1ccccc1.Oc1ccccc1. The Morgan fingerprint density at radius 1 is 0.583 bits per heavy atom. The van der Waals surface area contributed by atoms with E-state index in [0.717, 1.165) is 5.56 Å². The first kappa shape index (κ1) is 20.7. The summed E-state index contributed by atoms with van der Waals surface area (Å²) >= 11 is 0. The molecule has 3 rings (SSSR count). The second-order valence-corrected chi connectivity index (χ2v) is 4.46. The smallest absolute Gasteiger partial charge is 0.118 e. The van der Waals surface area contributed by atoms with Crippen molar-refractivity contribution in [2.24, 2.45) is 0 Å². The van der Waals surface area contributed by atoms with Gasteiger partial charge >= 0.3 is 0 Å². The maximum absolute atomic E-state index is 8.92. The van der Waals surface area contributed by atoms with Crippen LogP contribution in [0, 0.1) is 6.92 Å². The maximum atomic E-state index is 8.92. The summed E-state index contributed by atoms with van der Waals surface area (Å²) < 4.78 is 0. The van der Waals surface area contributed by atoms with Crippen LogP contribution in [0.25, 0.3) is 0 Å². The van der Waals surface area contributed by atoms with E-state index >= 15 is 0 Å². The molecular weight excluding hydrogens is 304 g/mol. The minimum Gasteiger partial charge on any atom is -0.508 e. The van der Waals surface area contributed by atoms with Crippen molar-refractivity contribution in [2.75, 3.05) is 0 Å². The van der Waals surface area contributed by atoms with Gasteiger partial charge in [-0.1, -0.05) is 54.6 Å². The normalized spacial score (nSPS) is 8.21. The number of phenolic OH excluding ortho intramolecular Hbond substituents is 3. The van der Waals surface area contributed by atoms with Gasteiger partial charge in [0.1, 0.15) is 24.0 Å². The fraction of sp³-hybridized carbons (Fsp3) is 0.0500. The van der Waals surface area contributed by atoms with Crippen LogP contribution in [-0.4, -0.2) is 22.1 Å². The number of rotatable bonds is 0. The zero-order valence-electron chi connectivity index (χ0n) is 13.5. The quantitative estimate of drug-likeness (QED) is 0.575. The van der Waals surface area contributed by atoms with Crippen molar-refractivity contribution in [3.05, 3.63) is 90.5 Å². The molecule has 0 aliphatic heterocycles. The monoisotopic (exact) mass is 326 g/mol. The summed E-state index contributed by atoms with van der Waals surface area (Å²) in [7, 11) is 0. The van der Waals surface area contributed by atoms with Crippen LogP contribution in [0.3, 0.4) is 0 Å². The molecule has 4 heteroatoms. The van der Waals surface area contributed by atoms with E-state index in [1.165, 1.54) is 0 Å². The van der Waals surface area contributed by atoms with Crippen molar-refractivity contribution in [3.63, 3.8) is 0 Å². The molecule has 0 aromatic heterocycles. The number of phenols is 3. The Morgan fingerprint density at radius 3 is 1.12 bits per heavy atom. The lowest BCUT2D eigenvalue weighted by atomic mass is 10.2. The third-order valence-corrected chi connectivity index (χ3v) is 2.63. The van der Waals surface area contributed by atoms with Crippen LogP contribution in [0.5, 0.6) is 17.2 Å². The van der Waals surface area contributed by atoms with Crippen molar-refractivity contribution in [3.8, 4) is 17.2 Å². The van der Waals surface area contributed by atoms with E-state index in [9.17, 15) is 0 Å². The van der Waals surface area contributed by atoms with Gasteiger partial charge in [0, 0.05) is 0 Å². The summed E-state index contributed by atoms with van der Waals surface area (Å²) in [6.45, 7) is 3.87. The molecule has 0 amide bonds. The fourth-order valence-corrected chi connectivity index (χ4v) is 1.42. The molecule has 0 heterocycles. The second kappa shape index (κ2) is 13.4. The van der Waals surface area contributed by atoms with E-state index < -0.39 is 0 Å². The maximum Gasteiger partial charge on any atom is 0.118 e. The zero-order chi connectivity index (χ0) is 18.2. The molecule has 0 atom stereocenters. The lowest BCUT2D eigenvalue weighted by Crippen LogP contribution is -1.68. The van der Waals surface area contributed by atoms with Crippen molar-refractivity contribution in [1.82, 2.24) is 0 Å². The van der Waals surface area contributed by atoms with Gasteiger partial charge in [0.2, 0.25) is 0 Å². The summed E-state index contributed by atoms with van der Waals surface area (Å²) in [5, 5.41) is 26.2. The van der Waals surface area contributed by atoms with E-state index in [4.69, 9.17) is 20.1 Å². The van der Waals surface area contributed by atoms with Gasteiger partial charge in [-0.2, -0.15) is 0 Å². The molecule has 24 heavy (non-hydrogen) atoms. The first-order valence-corrected chi connectivity index (χ1v) is 7.11. The standard InChI is InChI=1S/C7H8O.2C6H6O.CH2O/c1-6-4-2-3-5-7(6)8;2*7-6-4-2-1-3-5-6;1-2/h2-5,8H,1H3;2*1-5,7H;1H2. The molecule has 0 radical (unpaired) electrons. The van der Waals surface area contributed by atoms with E-state index in [-0.39, 0.29) is 0 Å². The summed E-state index contributed by atoms with van der Waals surface area (Å²) in [5.41, 5.74) is 0.924. The number of carbonyl (C=O) groups excluding carboxylic acids is 1. The Balaban J connectivity index is 0.000000315. The number of hydrogen-bond acceptors (Lipinski definition) is 4. The van der Waals surface area contributed by atoms with Gasteiger partial charge in [-0.3, -0.25) is 0 Å². The highest BCUT2D eigenvalue weighted by molar-refractivity contribution is 5.29. The molecule has 0 aliphatic rings. The molecule has 0 aliphatic carbocycles. The van der Waals surface area contributed by atoms with Gasteiger partial charge in [0.05, 0.1) is 0 Å². The Hall–Kier alpha value is -3.27. The second-order valence-electron chi connectivity index (χ2n) is 4.46. The lowest BCUT2D eigenvalue weighted by Gasteiger charge is -1.92. The van der Waals surface area contributed by atoms with E-state index in [2.05, 4.69) is 0 Å². The highest BCUT2D eigenvalue weighted by Crippen LogP contribution is 2.12. The van der Waals surface area contributed by atoms with Gasteiger partial charge in [0.25, 0.3) is 0 Å². The van der Waals surface area contributed by atoms with Crippen LogP contribution >= 0.6 is 0 Å². The van der Waals surface area contributed by atoms with Crippen LogP contribution in [-0.2, 0) is 4.79 Å². The van der Waals surface area contributed by atoms with Gasteiger partial charge in [-0.15, -0.1) is 0 Å². The first-order valence-electron chi connectivity index (χ1n) is 7.11. The predicted molar refractivity (Wildman–Crippen MR) is 96.2 cm³/mol. The van der Waals surface area contributed by atoms with Gasteiger partial charge in [0.15, 0.2) is 0 Å².